The molecule has 3 amide bonds. The van der Waals surface area contributed by atoms with E-state index in [9.17, 15) is 9.59 Å². The second-order valence-electron chi connectivity index (χ2n) is 5.53. The number of rotatable bonds is 5. The Hall–Kier alpha value is -2.65. The van der Waals surface area contributed by atoms with Gasteiger partial charge < -0.3 is 5.32 Å². The average molecular weight is 387 g/mol. The molecule has 26 heavy (non-hydrogen) atoms. The van der Waals surface area contributed by atoms with Crippen LogP contribution in [0.25, 0.3) is 10.7 Å². The predicted octanol–water partition coefficient (Wildman–Crippen LogP) is 3.59. The van der Waals surface area contributed by atoms with Crippen LogP contribution in [0, 0.1) is 13.8 Å². The van der Waals surface area contributed by atoms with E-state index in [4.69, 9.17) is 0 Å². The number of aryl methyl sites for hydroxylation is 2. The SMILES string of the molecule is Cc1ccc(NC(=O)NC(=O)CSc2n[nH]c(-c3cccs3)n2)cc1C. The van der Waals surface area contributed by atoms with Crippen LogP contribution in [0.2, 0.25) is 0 Å². The molecule has 2 heterocycles. The Morgan fingerprint density at radius 2 is 2.08 bits per heavy atom. The number of imide groups is 1. The van der Waals surface area contributed by atoms with E-state index in [1.807, 2.05) is 43.5 Å². The van der Waals surface area contributed by atoms with E-state index < -0.39 is 11.9 Å². The van der Waals surface area contributed by atoms with Gasteiger partial charge in [0.2, 0.25) is 11.1 Å². The summed E-state index contributed by atoms with van der Waals surface area (Å²) in [5.41, 5.74) is 2.84. The molecule has 0 saturated carbocycles. The van der Waals surface area contributed by atoms with Crippen molar-refractivity contribution in [2.45, 2.75) is 19.0 Å². The van der Waals surface area contributed by atoms with Crippen LogP contribution in [0.15, 0.2) is 40.9 Å². The van der Waals surface area contributed by atoms with Crippen molar-refractivity contribution in [1.82, 2.24) is 20.5 Å². The summed E-state index contributed by atoms with van der Waals surface area (Å²) in [5, 5.41) is 14.2. The molecule has 0 aliphatic rings. The van der Waals surface area contributed by atoms with E-state index in [0.717, 1.165) is 27.8 Å². The zero-order valence-corrected chi connectivity index (χ0v) is 15.8. The third kappa shape index (κ3) is 4.70. The standard InChI is InChI=1S/C17H17N5O2S2/c1-10-5-6-12(8-11(10)2)18-16(24)19-14(23)9-26-17-20-15(21-22-17)13-4-3-7-25-13/h3-8H,9H2,1-2H3,(H,20,21,22)(H2,18,19,23,24). The Labute approximate surface area is 158 Å². The van der Waals surface area contributed by atoms with Gasteiger partial charge >= 0.3 is 6.03 Å². The Morgan fingerprint density at radius 1 is 1.23 bits per heavy atom. The Balaban J connectivity index is 1.48. The number of carbonyl (C=O) groups is 2. The minimum Gasteiger partial charge on any atom is -0.308 e. The molecule has 134 valence electrons. The number of aromatic amines is 1. The number of hydrogen-bond donors (Lipinski definition) is 3. The first-order valence-corrected chi connectivity index (χ1v) is 9.65. The summed E-state index contributed by atoms with van der Waals surface area (Å²) in [6, 6.07) is 8.86. The zero-order chi connectivity index (χ0) is 18.5. The van der Waals surface area contributed by atoms with Crippen molar-refractivity contribution in [1.29, 1.82) is 0 Å². The van der Waals surface area contributed by atoms with Crippen LogP contribution < -0.4 is 10.6 Å². The topological polar surface area (TPSA) is 99.8 Å². The van der Waals surface area contributed by atoms with Gasteiger partial charge in [-0.25, -0.2) is 9.78 Å². The van der Waals surface area contributed by atoms with Gasteiger partial charge in [-0.1, -0.05) is 23.9 Å². The Bertz CT molecular complexity index is 921. The monoisotopic (exact) mass is 387 g/mol. The van der Waals surface area contributed by atoms with Crippen LogP contribution in [0.5, 0.6) is 0 Å². The molecule has 0 radical (unpaired) electrons. The number of nitrogens with one attached hydrogen (secondary N) is 3. The van der Waals surface area contributed by atoms with Crippen LogP contribution in [-0.4, -0.2) is 32.9 Å². The van der Waals surface area contributed by atoms with Crippen molar-refractivity contribution in [3.8, 4) is 10.7 Å². The number of benzene rings is 1. The molecule has 3 N–H and O–H groups in total. The molecule has 7 nitrogen and oxygen atoms in total. The number of thiophene rings is 1. The summed E-state index contributed by atoms with van der Waals surface area (Å²) in [4.78, 5) is 29.1. The molecule has 3 aromatic rings. The van der Waals surface area contributed by atoms with E-state index >= 15 is 0 Å². The van der Waals surface area contributed by atoms with Crippen molar-refractivity contribution in [3.05, 3.63) is 46.8 Å². The molecule has 3 rings (SSSR count). The molecule has 9 heteroatoms. The summed E-state index contributed by atoms with van der Waals surface area (Å²) < 4.78 is 0. The number of thioether (sulfide) groups is 1. The second kappa shape index (κ2) is 8.15. The van der Waals surface area contributed by atoms with E-state index in [0.29, 0.717) is 16.7 Å². The number of anilines is 1. The molecule has 0 aliphatic carbocycles. The largest absolute Gasteiger partial charge is 0.325 e. The Kier molecular flexibility index (Phi) is 5.69. The minimum absolute atomic E-state index is 0.0437. The lowest BCUT2D eigenvalue weighted by Crippen LogP contribution is -2.35. The molecule has 0 aliphatic heterocycles. The van der Waals surface area contributed by atoms with Gasteiger partial charge in [0, 0.05) is 5.69 Å². The van der Waals surface area contributed by atoms with Gasteiger partial charge in [0.05, 0.1) is 10.6 Å². The predicted molar refractivity (Wildman–Crippen MR) is 103 cm³/mol. The quantitative estimate of drug-likeness (QED) is 0.581. The number of aromatic nitrogens is 3. The Morgan fingerprint density at radius 3 is 2.81 bits per heavy atom. The zero-order valence-electron chi connectivity index (χ0n) is 14.2. The van der Waals surface area contributed by atoms with Crippen LogP contribution in [0.1, 0.15) is 11.1 Å². The lowest BCUT2D eigenvalue weighted by atomic mass is 10.1. The van der Waals surface area contributed by atoms with Gasteiger partial charge in [-0.05, 0) is 48.6 Å². The van der Waals surface area contributed by atoms with Gasteiger partial charge in [-0.2, -0.15) is 0 Å². The maximum atomic E-state index is 11.9. The van der Waals surface area contributed by atoms with Crippen LogP contribution in [0.3, 0.4) is 0 Å². The van der Waals surface area contributed by atoms with Crippen LogP contribution in [-0.2, 0) is 4.79 Å². The highest BCUT2D eigenvalue weighted by Crippen LogP contribution is 2.23. The molecule has 0 saturated heterocycles. The van der Waals surface area contributed by atoms with E-state index in [1.54, 1.807) is 17.4 Å². The number of urea groups is 1. The summed E-state index contributed by atoms with van der Waals surface area (Å²) in [6.07, 6.45) is 0. The molecular weight excluding hydrogens is 370 g/mol. The lowest BCUT2D eigenvalue weighted by Gasteiger charge is -2.08. The highest BCUT2D eigenvalue weighted by atomic mass is 32.2. The molecule has 0 atom stereocenters. The summed E-state index contributed by atoms with van der Waals surface area (Å²) in [6.45, 7) is 3.95. The van der Waals surface area contributed by atoms with Crippen molar-refractivity contribution >= 4 is 40.7 Å². The molecule has 0 fully saturated rings. The highest BCUT2D eigenvalue weighted by molar-refractivity contribution is 7.99. The van der Waals surface area contributed by atoms with E-state index in [2.05, 4.69) is 25.8 Å². The number of amides is 3. The van der Waals surface area contributed by atoms with Gasteiger partial charge in [0.15, 0.2) is 5.82 Å². The first-order valence-electron chi connectivity index (χ1n) is 7.78. The van der Waals surface area contributed by atoms with E-state index in [-0.39, 0.29) is 5.75 Å². The highest BCUT2D eigenvalue weighted by Gasteiger charge is 2.12. The normalized spacial score (nSPS) is 10.5. The number of nitrogens with zero attached hydrogens (tertiary/aromatic N) is 2. The number of carbonyl (C=O) groups excluding carboxylic acids is 2. The second-order valence-corrected chi connectivity index (χ2v) is 7.42. The smallest absolute Gasteiger partial charge is 0.308 e. The summed E-state index contributed by atoms with van der Waals surface area (Å²) >= 11 is 2.71. The number of hydrogen-bond acceptors (Lipinski definition) is 6. The molecular formula is C17H17N5O2S2. The van der Waals surface area contributed by atoms with Crippen molar-refractivity contribution in [3.63, 3.8) is 0 Å². The average Bonchev–Trinajstić information content (AvgIpc) is 3.27. The first-order chi connectivity index (χ1) is 12.5. The third-order valence-corrected chi connectivity index (χ3v) is 5.29. The van der Waals surface area contributed by atoms with Crippen molar-refractivity contribution < 1.29 is 9.59 Å². The summed E-state index contributed by atoms with van der Waals surface area (Å²) in [7, 11) is 0. The molecule has 1 aromatic carbocycles. The van der Waals surface area contributed by atoms with Gasteiger partial charge in [0.1, 0.15) is 0 Å². The number of H-pyrrole nitrogens is 1. The van der Waals surface area contributed by atoms with Gasteiger partial charge in [0.25, 0.3) is 0 Å². The molecule has 0 bridgehead atoms. The first kappa shape index (κ1) is 18.2. The van der Waals surface area contributed by atoms with Gasteiger partial charge in [-0.3, -0.25) is 15.2 Å². The fraction of sp³-hybridized carbons (Fsp3) is 0.176. The van der Waals surface area contributed by atoms with Crippen molar-refractivity contribution in [2.75, 3.05) is 11.1 Å². The third-order valence-electron chi connectivity index (χ3n) is 3.57. The van der Waals surface area contributed by atoms with Crippen molar-refractivity contribution in [2.24, 2.45) is 0 Å². The fourth-order valence-electron chi connectivity index (χ4n) is 2.11. The maximum absolute atomic E-state index is 11.9. The molecule has 0 spiro atoms. The van der Waals surface area contributed by atoms with Crippen LogP contribution in [0.4, 0.5) is 10.5 Å². The fourth-order valence-corrected chi connectivity index (χ4v) is 3.37. The van der Waals surface area contributed by atoms with Gasteiger partial charge in [-0.15, -0.1) is 16.4 Å². The molecule has 2 aromatic heterocycles. The van der Waals surface area contributed by atoms with E-state index in [1.165, 1.54) is 0 Å². The molecule has 0 unspecified atom stereocenters. The maximum Gasteiger partial charge on any atom is 0.325 e. The minimum atomic E-state index is -0.562. The lowest BCUT2D eigenvalue weighted by molar-refractivity contribution is -0.117. The van der Waals surface area contributed by atoms with Crippen LogP contribution >= 0.6 is 23.1 Å². The summed E-state index contributed by atoms with van der Waals surface area (Å²) in [5.74, 6) is 0.288.